The fourth-order valence-electron chi connectivity index (χ4n) is 2.83. The molecule has 1 aromatic heterocycles. The number of ketones is 1. The zero-order valence-electron chi connectivity index (χ0n) is 14.8. The quantitative estimate of drug-likeness (QED) is 0.217. The first-order valence-corrected chi connectivity index (χ1v) is 8.64. The maximum atomic E-state index is 12.5. The van der Waals surface area contributed by atoms with E-state index in [0.29, 0.717) is 16.8 Å². The fraction of sp³-hybridized carbons (Fsp3) is 0.100. The fourth-order valence-corrected chi connectivity index (χ4v) is 3.02. The summed E-state index contributed by atoms with van der Waals surface area (Å²) >= 11 is 5.74. The summed E-state index contributed by atoms with van der Waals surface area (Å²) in [6, 6.07) is 11.5. The van der Waals surface area contributed by atoms with Crippen molar-refractivity contribution in [2.24, 2.45) is 0 Å². The molecule has 28 heavy (non-hydrogen) atoms. The maximum Gasteiger partial charge on any atom is 0.331 e. The van der Waals surface area contributed by atoms with Crippen molar-refractivity contribution in [2.45, 2.75) is 6.92 Å². The molecular weight excluding hydrogens is 384 g/mol. The summed E-state index contributed by atoms with van der Waals surface area (Å²) in [6.07, 6.45) is 2.45. The summed E-state index contributed by atoms with van der Waals surface area (Å²) < 4.78 is 5.01. The van der Waals surface area contributed by atoms with Crippen molar-refractivity contribution >= 4 is 46.0 Å². The second-order valence-corrected chi connectivity index (χ2v) is 6.41. The van der Waals surface area contributed by atoms with Gasteiger partial charge in [-0.2, -0.15) is 0 Å². The largest absolute Gasteiger partial charge is 0.454 e. The normalized spacial score (nSPS) is 11.1. The average molecular weight is 399 g/mol. The van der Waals surface area contributed by atoms with Crippen LogP contribution in [0.25, 0.3) is 17.0 Å². The smallest absolute Gasteiger partial charge is 0.331 e. The van der Waals surface area contributed by atoms with Gasteiger partial charge >= 0.3 is 5.97 Å². The van der Waals surface area contributed by atoms with Gasteiger partial charge in [-0.05, 0) is 30.7 Å². The molecule has 3 aromatic rings. The Morgan fingerprint density at radius 1 is 1.25 bits per heavy atom. The van der Waals surface area contributed by atoms with E-state index < -0.39 is 17.5 Å². The number of halogens is 1. The Kier molecular flexibility index (Phi) is 5.56. The van der Waals surface area contributed by atoms with Gasteiger partial charge in [-0.25, -0.2) is 4.79 Å². The molecule has 0 amide bonds. The van der Waals surface area contributed by atoms with Gasteiger partial charge in [0.05, 0.1) is 4.92 Å². The van der Waals surface area contributed by atoms with Crippen molar-refractivity contribution in [2.75, 3.05) is 6.61 Å². The lowest BCUT2D eigenvalue weighted by Gasteiger charge is -2.02. The molecular formula is C20H15ClN2O5. The third-order valence-corrected chi connectivity index (χ3v) is 4.42. The number of nitro groups is 1. The van der Waals surface area contributed by atoms with Gasteiger partial charge in [0.25, 0.3) is 5.69 Å². The summed E-state index contributed by atoms with van der Waals surface area (Å²) in [7, 11) is 0. The highest BCUT2D eigenvalue weighted by Crippen LogP contribution is 2.25. The van der Waals surface area contributed by atoms with E-state index in [4.69, 9.17) is 16.3 Å². The van der Waals surface area contributed by atoms with E-state index in [1.54, 1.807) is 6.92 Å². The number of nitrogens with one attached hydrogen (secondary N) is 1. The highest BCUT2D eigenvalue weighted by atomic mass is 35.5. The molecule has 0 aliphatic heterocycles. The van der Waals surface area contributed by atoms with Crippen LogP contribution in [0.4, 0.5) is 5.69 Å². The van der Waals surface area contributed by atoms with Gasteiger partial charge in [-0.3, -0.25) is 14.9 Å². The molecule has 8 heteroatoms. The minimum absolute atomic E-state index is 0.00409. The number of H-pyrrole nitrogens is 1. The number of fused-ring (bicyclic) bond motifs is 1. The van der Waals surface area contributed by atoms with Crippen molar-refractivity contribution in [3.63, 3.8) is 0 Å². The third-order valence-electron chi connectivity index (χ3n) is 4.10. The second kappa shape index (κ2) is 8.06. The van der Waals surface area contributed by atoms with Gasteiger partial charge in [0, 0.05) is 34.3 Å². The summed E-state index contributed by atoms with van der Waals surface area (Å²) in [5.74, 6) is -1.05. The third kappa shape index (κ3) is 4.10. The molecule has 2 aromatic carbocycles. The Balaban J connectivity index is 1.66. The number of nitro benzene ring substituents is 1. The van der Waals surface area contributed by atoms with Gasteiger partial charge < -0.3 is 9.72 Å². The van der Waals surface area contributed by atoms with Crippen LogP contribution in [0.15, 0.2) is 48.5 Å². The van der Waals surface area contributed by atoms with Gasteiger partial charge in [-0.15, -0.1) is 0 Å². The molecule has 0 unspecified atom stereocenters. The van der Waals surface area contributed by atoms with Crippen LogP contribution in [0.3, 0.4) is 0 Å². The molecule has 0 saturated heterocycles. The number of rotatable bonds is 6. The number of aromatic nitrogens is 1. The van der Waals surface area contributed by atoms with E-state index in [9.17, 15) is 19.7 Å². The molecule has 0 aliphatic rings. The number of carbonyl (C=O) groups excluding carboxylic acids is 2. The molecule has 0 saturated carbocycles. The van der Waals surface area contributed by atoms with E-state index in [-0.39, 0.29) is 16.5 Å². The van der Waals surface area contributed by atoms with E-state index in [1.807, 2.05) is 24.3 Å². The first kappa shape index (κ1) is 19.3. The number of para-hydroxylation sites is 1. The maximum absolute atomic E-state index is 12.5. The zero-order valence-corrected chi connectivity index (χ0v) is 15.5. The number of nitrogens with zero attached hydrogens (tertiary/aromatic N) is 1. The summed E-state index contributed by atoms with van der Waals surface area (Å²) in [4.78, 5) is 37.8. The number of ether oxygens (including phenoxy) is 1. The van der Waals surface area contributed by atoms with Crippen molar-refractivity contribution < 1.29 is 19.2 Å². The van der Waals surface area contributed by atoms with E-state index in [1.165, 1.54) is 24.3 Å². The number of carbonyl (C=O) groups is 2. The molecule has 0 atom stereocenters. The highest BCUT2D eigenvalue weighted by molar-refractivity contribution is 6.32. The summed E-state index contributed by atoms with van der Waals surface area (Å²) in [6.45, 7) is 1.37. The van der Waals surface area contributed by atoms with Crippen LogP contribution in [-0.2, 0) is 9.53 Å². The Morgan fingerprint density at radius 3 is 2.75 bits per heavy atom. The molecule has 0 radical (unpaired) electrons. The minimum Gasteiger partial charge on any atom is -0.454 e. The van der Waals surface area contributed by atoms with Gasteiger partial charge in [0.1, 0.15) is 5.02 Å². The first-order valence-electron chi connectivity index (χ1n) is 8.26. The number of aromatic amines is 1. The van der Waals surface area contributed by atoms with Crippen molar-refractivity contribution in [3.05, 3.63) is 80.5 Å². The Labute approximate surface area is 164 Å². The van der Waals surface area contributed by atoms with Crippen LogP contribution < -0.4 is 0 Å². The van der Waals surface area contributed by atoms with Crippen molar-refractivity contribution in [1.82, 2.24) is 4.98 Å². The van der Waals surface area contributed by atoms with E-state index in [0.717, 1.165) is 17.0 Å². The molecule has 1 heterocycles. The molecule has 1 N–H and O–H groups in total. The Bertz CT molecular complexity index is 1120. The van der Waals surface area contributed by atoms with E-state index in [2.05, 4.69) is 4.98 Å². The summed E-state index contributed by atoms with van der Waals surface area (Å²) in [5, 5.41) is 11.7. The standard InChI is InChI=1S/C20H15ClN2O5/c1-12-20(14-4-2-3-5-16(14)22-12)18(24)11-28-19(25)9-7-13-6-8-15(21)17(10-13)23(26)27/h2-10,22H,11H2,1H3/b9-7+. The number of hydrogen-bond acceptors (Lipinski definition) is 5. The van der Waals surface area contributed by atoms with Crippen LogP contribution in [0.2, 0.25) is 5.02 Å². The number of aryl methyl sites for hydroxylation is 1. The molecule has 0 fully saturated rings. The van der Waals surface area contributed by atoms with Gasteiger partial charge in [-0.1, -0.05) is 35.9 Å². The minimum atomic E-state index is -0.733. The van der Waals surface area contributed by atoms with E-state index >= 15 is 0 Å². The predicted octanol–water partition coefficient (Wildman–Crippen LogP) is 4.48. The second-order valence-electron chi connectivity index (χ2n) is 6.00. The van der Waals surface area contributed by atoms with Crippen LogP contribution in [0.5, 0.6) is 0 Å². The molecule has 3 rings (SSSR count). The van der Waals surface area contributed by atoms with Crippen molar-refractivity contribution in [3.8, 4) is 0 Å². The lowest BCUT2D eigenvalue weighted by molar-refractivity contribution is -0.384. The van der Waals surface area contributed by atoms with Gasteiger partial charge in [0.2, 0.25) is 5.78 Å². The van der Waals surface area contributed by atoms with Gasteiger partial charge in [0.15, 0.2) is 6.61 Å². The average Bonchev–Trinajstić information content (AvgIpc) is 3.01. The number of Topliss-reactive ketones (excluding diaryl/α,β-unsaturated/α-hetero) is 1. The van der Waals surface area contributed by atoms with Crippen LogP contribution in [0.1, 0.15) is 21.6 Å². The molecule has 0 aliphatic carbocycles. The highest BCUT2D eigenvalue weighted by Gasteiger charge is 2.17. The van der Waals surface area contributed by atoms with Crippen LogP contribution in [-0.4, -0.2) is 28.3 Å². The lowest BCUT2D eigenvalue weighted by Crippen LogP contribution is -2.13. The SMILES string of the molecule is Cc1[nH]c2ccccc2c1C(=O)COC(=O)/C=C/c1ccc(Cl)c([N+](=O)[O-])c1. The number of benzene rings is 2. The van der Waals surface area contributed by atoms with Crippen LogP contribution in [0, 0.1) is 17.0 Å². The Morgan fingerprint density at radius 2 is 2.00 bits per heavy atom. The van der Waals surface area contributed by atoms with Crippen LogP contribution >= 0.6 is 11.6 Å². The zero-order chi connectivity index (χ0) is 20.3. The monoisotopic (exact) mass is 398 g/mol. The molecule has 0 spiro atoms. The lowest BCUT2D eigenvalue weighted by atomic mass is 10.1. The van der Waals surface area contributed by atoms with Crippen molar-refractivity contribution in [1.29, 1.82) is 0 Å². The topological polar surface area (TPSA) is 102 Å². The Hall–Kier alpha value is -3.45. The molecule has 0 bridgehead atoms. The molecule has 7 nitrogen and oxygen atoms in total. The molecule has 142 valence electrons. The first-order chi connectivity index (χ1) is 13.4. The number of hydrogen-bond donors (Lipinski definition) is 1. The predicted molar refractivity (Wildman–Crippen MR) is 105 cm³/mol. The number of esters is 1. The summed E-state index contributed by atoms with van der Waals surface area (Å²) in [5.41, 5.74) is 2.17.